The lowest BCUT2D eigenvalue weighted by molar-refractivity contribution is 0.570. The van der Waals surface area contributed by atoms with Gasteiger partial charge in [0, 0.05) is 0 Å². The Bertz CT molecular complexity index is 261. The van der Waals surface area contributed by atoms with Gasteiger partial charge in [-0.15, -0.1) is 0 Å². The van der Waals surface area contributed by atoms with E-state index in [4.69, 9.17) is 5.26 Å². The molecule has 0 saturated heterocycles. The molecule has 0 saturated carbocycles. The molecule has 1 unspecified atom stereocenters. The molecule has 0 fully saturated rings. The van der Waals surface area contributed by atoms with Gasteiger partial charge in [-0.05, 0) is 12.8 Å². The van der Waals surface area contributed by atoms with E-state index in [0.717, 1.165) is 0 Å². The highest BCUT2D eigenvalue weighted by Gasteiger charge is 2.21. The van der Waals surface area contributed by atoms with Crippen molar-refractivity contribution in [1.29, 1.82) is 5.26 Å². The third-order valence-corrected chi connectivity index (χ3v) is 4.08. The van der Waals surface area contributed by atoms with Crippen LogP contribution in [0.5, 0.6) is 0 Å². The maximum Gasteiger partial charge on any atom is 0.154 e. The van der Waals surface area contributed by atoms with Crippen LogP contribution in [0.4, 0.5) is 0 Å². The second-order valence-electron chi connectivity index (χ2n) is 3.40. The Labute approximate surface area is 74.3 Å². The lowest BCUT2D eigenvalue weighted by atomic mass is 10.3. The predicted octanol–water partition coefficient (Wildman–Crippen LogP) is 1.36. The largest absolute Gasteiger partial charge is 0.229 e. The smallest absolute Gasteiger partial charge is 0.154 e. The second kappa shape index (κ2) is 4.46. The number of nitrogens with zero attached hydrogens (tertiary/aromatic N) is 1. The zero-order chi connectivity index (χ0) is 9.78. The zero-order valence-corrected chi connectivity index (χ0v) is 8.56. The average molecular weight is 189 g/mol. The monoisotopic (exact) mass is 189 g/mol. The Morgan fingerprint density at radius 3 is 2.17 bits per heavy atom. The Balaban J connectivity index is 4.33. The summed E-state index contributed by atoms with van der Waals surface area (Å²) in [5.41, 5.74) is 0. The van der Waals surface area contributed by atoms with E-state index in [1.807, 2.05) is 19.9 Å². The van der Waals surface area contributed by atoms with Gasteiger partial charge >= 0.3 is 0 Å². The van der Waals surface area contributed by atoms with Gasteiger partial charge in [0.05, 0.1) is 23.5 Å². The van der Waals surface area contributed by atoms with Gasteiger partial charge in [-0.2, -0.15) is 5.26 Å². The van der Waals surface area contributed by atoms with Crippen molar-refractivity contribution in [3.05, 3.63) is 0 Å². The van der Waals surface area contributed by atoms with Crippen molar-refractivity contribution in [3.8, 4) is 6.07 Å². The van der Waals surface area contributed by atoms with Crippen LogP contribution in [0.15, 0.2) is 0 Å². The normalized spacial score (nSPS) is 14.2. The Kier molecular flexibility index (Phi) is 4.25. The summed E-state index contributed by atoms with van der Waals surface area (Å²) in [5, 5.41) is 7.80. The molecule has 0 amide bonds. The predicted molar refractivity (Wildman–Crippen MR) is 48.3 cm³/mol. The number of rotatable bonds is 4. The fraction of sp³-hybridized carbons (Fsp3) is 0.875. The molecule has 0 bridgehead atoms. The second-order valence-corrected chi connectivity index (χ2v) is 5.86. The summed E-state index contributed by atoms with van der Waals surface area (Å²) >= 11 is 0. The molecule has 70 valence electrons. The van der Waals surface area contributed by atoms with Crippen LogP contribution in [-0.4, -0.2) is 19.4 Å². The quantitative estimate of drug-likeness (QED) is 0.671. The van der Waals surface area contributed by atoms with E-state index < -0.39 is 15.1 Å². The van der Waals surface area contributed by atoms with Crippen molar-refractivity contribution in [3.63, 3.8) is 0 Å². The molecule has 0 aliphatic carbocycles. The molecule has 0 rings (SSSR count). The maximum atomic E-state index is 11.4. The minimum Gasteiger partial charge on any atom is -0.229 e. The van der Waals surface area contributed by atoms with E-state index in [1.165, 1.54) is 0 Å². The lowest BCUT2D eigenvalue weighted by Gasteiger charge is -2.10. The molecule has 0 aliphatic heterocycles. The van der Waals surface area contributed by atoms with Crippen LogP contribution in [0.25, 0.3) is 0 Å². The lowest BCUT2D eigenvalue weighted by Crippen LogP contribution is -2.23. The van der Waals surface area contributed by atoms with Crippen LogP contribution in [0.1, 0.15) is 27.2 Å². The Hall–Kier alpha value is -0.560. The molecule has 0 radical (unpaired) electrons. The molecule has 4 heteroatoms. The first-order valence-corrected chi connectivity index (χ1v) is 5.70. The summed E-state index contributed by atoms with van der Waals surface area (Å²) in [7, 11) is -3.04. The van der Waals surface area contributed by atoms with Gasteiger partial charge < -0.3 is 0 Å². The summed E-state index contributed by atoms with van der Waals surface area (Å²) in [6.07, 6.45) is 0.0923. The van der Waals surface area contributed by atoms with Crippen molar-refractivity contribution in [2.75, 3.05) is 5.75 Å². The molecular formula is C8H15NO2S. The van der Waals surface area contributed by atoms with Gasteiger partial charge in [0.15, 0.2) is 9.84 Å². The van der Waals surface area contributed by atoms with Crippen LogP contribution in [-0.2, 0) is 9.84 Å². The van der Waals surface area contributed by atoms with Crippen molar-refractivity contribution < 1.29 is 8.42 Å². The zero-order valence-electron chi connectivity index (χ0n) is 7.74. The van der Waals surface area contributed by atoms with Crippen molar-refractivity contribution in [2.24, 2.45) is 5.92 Å². The van der Waals surface area contributed by atoms with E-state index in [1.54, 1.807) is 6.92 Å². The highest BCUT2D eigenvalue weighted by Crippen LogP contribution is 2.09. The molecule has 0 N–H and O–H groups in total. The highest BCUT2D eigenvalue weighted by molar-refractivity contribution is 7.92. The fourth-order valence-electron chi connectivity index (χ4n) is 0.884. The Morgan fingerprint density at radius 2 is 1.83 bits per heavy atom. The van der Waals surface area contributed by atoms with Gasteiger partial charge in [-0.25, -0.2) is 8.42 Å². The first-order chi connectivity index (χ1) is 5.40. The molecule has 0 heterocycles. The SMILES string of the molecule is CC(C)CS(=O)(=O)C(C)CC#N. The summed E-state index contributed by atoms with van der Waals surface area (Å²) in [6, 6.07) is 1.87. The highest BCUT2D eigenvalue weighted by atomic mass is 32.2. The van der Waals surface area contributed by atoms with E-state index in [2.05, 4.69) is 0 Å². The summed E-state index contributed by atoms with van der Waals surface area (Å²) in [4.78, 5) is 0. The van der Waals surface area contributed by atoms with Crippen LogP contribution < -0.4 is 0 Å². The first-order valence-electron chi connectivity index (χ1n) is 3.98. The molecule has 0 aromatic heterocycles. The van der Waals surface area contributed by atoms with Gasteiger partial charge in [-0.3, -0.25) is 0 Å². The van der Waals surface area contributed by atoms with Gasteiger partial charge in [0.2, 0.25) is 0 Å². The molecule has 1 atom stereocenters. The number of hydrogen-bond donors (Lipinski definition) is 0. The minimum atomic E-state index is -3.04. The van der Waals surface area contributed by atoms with Crippen molar-refractivity contribution in [1.82, 2.24) is 0 Å². The summed E-state index contributed by atoms with van der Waals surface area (Å²) in [5.74, 6) is 0.312. The minimum absolute atomic E-state index is 0.0923. The third-order valence-electron chi connectivity index (χ3n) is 1.56. The van der Waals surface area contributed by atoms with E-state index in [-0.39, 0.29) is 18.1 Å². The van der Waals surface area contributed by atoms with E-state index >= 15 is 0 Å². The van der Waals surface area contributed by atoms with Gasteiger partial charge in [0.1, 0.15) is 0 Å². The number of nitriles is 1. The summed E-state index contributed by atoms with van der Waals surface area (Å²) in [6.45, 7) is 5.30. The number of sulfone groups is 1. The standard InChI is InChI=1S/C8H15NO2S/c1-7(2)6-12(10,11)8(3)4-5-9/h7-8H,4,6H2,1-3H3. The maximum absolute atomic E-state index is 11.4. The molecular weight excluding hydrogens is 174 g/mol. The van der Waals surface area contributed by atoms with E-state index in [9.17, 15) is 8.42 Å². The molecule has 0 aromatic carbocycles. The molecule has 0 aromatic rings. The van der Waals surface area contributed by atoms with E-state index in [0.29, 0.717) is 0 Å². The molecule has 0 spiro atoms. The molecule has 12 heavy (non-hydrogen) atoms. The third kappa shape index (κ3) is 3.72. The van der Waals surface area contributed by atoms with Gasteiger partial charge in [0.25, 0.3) is 0 Å². The topological polar surface area (TPSA) is 57.9 Å². The molecule has 3 nitrogen and oxygen atoms in total. The fourth-order valence-corrected chi connectivity index (χ4v) is 2.47. The van der Waals surface area contributed by atoms with Gasteiger partial charge in [-0.1, -0.05) is 13.8 Å². The number of hydrogen-bond acceptors (Lipinski definition) is 3. The molecule has 0 aliphatic rings. The van der Waals surface area contributed by atoms with Crippen LogP contribution in [0.2, 0.25) is 0 Å². The van der Waals surface area contributed by atoms with Crippen molar-refractivity contribution >= 4 is 9.84 Å². The van der Waals surface area contributed by atoms with Crippen LogP contribution >= 0.6 is 0 Å². The Morgan fingerprint density at radius 1 is 1.33 bits per heavy atom. The van der Waals surface area contributed by atoms with Crippen molar-refractivity contribution in [2.45, 2.75) is 32.4 Å². The van der Waals surface area contributed by atoms with Crippen LogP contribution in [0.3, 0.4) is 0 Å². The first kappa shape index (κ1) is 11.4. The van der Waals surface area contributed by atoms with Crippen LogP contribution in [0, 0.1) is 17.2 Å². The average Bonchev–Trinajstić information content (AvgIpc) is 1.85. The summed E-state index contributed by atoms with van der Waals surface area (Å²) < 4.78 is 22.8.